The fourth-order valence-corrected chi connectivity index (χ4v) is 5.20. The Morgan fingerprint density at radius 3 is 2.20 bits per heavy atom. The zero-order valence-electron chi connectivity index (χ0n) is 24.0. The molecule has 8 nitrogen and oxygen atoms in total. The largest absolute Gasteiger partial charge is 0.497 e. The molecule has 9 heteroatoms. The predicted molar refractivity (Wildman–Crippen MR) is 159 cm³/mol. The van der Waals surface area contributed by atoms with Crippen LogP contribution < -0.4 is 14.4 Å². The molecule has 0 unspecified atom stereocenters. The summed E-state index contributed by atoms with van der Waals surface area (Å²) in [5.41, 5.74) is 2.47. The van der Waals surface area contributed by atoms with E-state index in [0.29, 0.717) is 11.4 Å². The lowest BCUT2D eigenvalue weighted by Crippen LogP contribution is -2.56. The highest BCUT2D eigenvalue weighted by molar-refractivity contribution is 7.92. The van der Waals surface area contributed by atoms with Crippen LogP contribution in [0.1, 0.15) is 37.5 Å². The van der Waals surface area contributed by atoms with Gasteiger partial charge in [-0.3, -0.25) is 13.9 Å². The SMILES string of the molecule is COc1cccc(N(CC(=O)N(Cc2ccccc2C)[C@@H](Cc2ccccc2)C(=O)NC(C)(C)C)S(C)(=O)=O)c1. The molecular weight excluding hydrogens is 526 g/mol. The molecule has 0 radical (unpaired) electrons. The van der Waals surface area contributed by atoms with Crippen molar-refractivity contribution in [1.82, 2.24) is 10.2 Å². The van der Waals surface area contributed by atoms with Gasteiger partial charge in [0.25, 0.3) is 0 Å². The Balaban J connectivity index is 2.09. The first-order valence-corrected chi connectivity index (χ1v) is 14.9. The van der Waals surface area contributed by atoms with Crippen molar-refractivity contribution >= 4 is 27.5 Å². The summed E-state index contributed by atoms with van der Waals surface area (Å²) in [6.45, 7) is 7.24. The highest BCUT2D eigenvalue weighted by Crippen LogP contribution is 2.24. The van der Waals surface area contributed by atoms with Crippen LogP contribution in [0.4, 0.5) is 5.69 Å². The van der Waals surface area contributed by atoms with E-state index in [-0.39, 0.29) is 18.9 Å². The van der Waals surface area contributed by atoms with Gasteiger partial charge in [0.1, 0.15) is 18.3 Å². The summed E-state index contributed by atoms with van der Waals surface area (Å²) in [4.78, 5) is 29.4. The zero-order valence-corrected chi connectivity index (χ0v) is 24.9. The minimum Gasteiger partial charge on any atom is -0.497 e. The molecule has 0 heterocycles. The number of amides is 2. The van der Waals surface area contributed by atoms with Crippen molar-refractivity contribution in [2.45, 2.75) is 52.2 Å². The molecule has 0 saturated heterocycles. The van der Waals surface area contributed by atoms with Gasteiger partial charge in [0.05, 0.1) is 19.1 Å². The summed E-state index contributed by atoms with van der Waals surface area (Å²) in [6.07, 6.45) is 1.32. The first-order valence-electron chi connectivity index (χ1n) is 13.1. The molecule has 40 heavy (non-hydrogen) atoms. The van der Waals surface area contributed by atoms with Crippen molar-refractivity contribution in [3.8, 4) is 5.75 Å². The first kappa shape index (κ1) is 30.7. The van der Waals surface area contributed by atoms with Crippen molar-refractivity contribution < 1.29 is 22.7 Å². The summed E-state index contributed by atoms with van der Waals surface area (Å²) in [5, 5.41) is 3.02. The standard InChI is InChI=1S/C31H39N3O5S/c1-23-13-10-11-16-25(23)21-33(28(30(36)32-31(2,3)4)19-24-14-8-7-9-15-24)29(35)22-34(40(6,37)38)26-17-12-18-27(20-26)39-5/h7-18,20,28H,19,21-22H2,1-6H3,(H,32,36)/t28-/m0/s1. The molecular formula is C31H39N3O5S. The molecule has 3 aromatic carbocycles. The molecule has 214 valence electrons. The number of methoxy groups -OCH3 is 1. The van der Waals surface area contributed by atoms with Gasteiger partial charge in [-0.1, -0.05) is 60.7 Å². The maximum atomic E-state index is 14.2. The third kappa shape index (κ3) is 8.58. The van der Waals surface area contributed by atoms with Gasteiger partial charge in [-0.15, -0.1) is 0 Å². The fraction of sp³-hybridized carbons (Fsp3) is 0.355. The van der Waals surface area contributed by atoms with Crippen LogP contribution in [-0.4, -0.2) is 56.6 Å². The molecule has 0 aliphatic carbocycles. The van der Waals surface area contributed by atoms with Crippen molar-refractivity contribution in [2.24, 2.45) is 0 Å². The molecule has 1 atom stereocenters. The van der Waals surface area contributed by atoms with Gasteiger partial charge >= 0.3 is 0 Å². The van der Waals surface area contributed by atoms with E-state index in [1.54, 1.807) is 24.3 Å². The maximum Gasteiger partial charge on any atom is 0.244 e. The number of sulfonamides is 1. The molecule has 0 bridgehead atoms. The Labute approximate surface area is 238 Å². The van der Waals surface area contributed by atoms with Crippen LogP contribution in [0.3, 0.4) is 0 Å². The van der Waals surface area contributed by atoms with E-state index in [1.165, 1.54) is 12.0 Å². The number of rotatable bonds is 11. The highest BCUT2D eigenvalue weighted by Gasteiger charge is 2.34. The number of anilines is 1. The second kappa shape index (κ2) is 13.0. The summed E-state index contributed by atoms with van der Waals surface area (Å²) < 4.78 is 32.2. The van der Waals surface area contributed by atoms with Gasteiger partial charge in [0.15, 0.2) is 0 Å². The van der Waals surface area contributed by atoms with Crippen LogP contribution in [0.15, 0.2) is 78.9 Å². The summed E-state index contributed by atoms with van der Waals surface area (Å²) >= 11 is 0. The Bertz CT molecular complexity index is 1420. The van der Waals surface area contributed by atoms with Gasteiger partial charge in [-0.25, -0.2) is 8.42 Å². The predicted octanol–water partition coefficient (Wildman–Crippen LogP) is 4.32. The Kier molecular flexibility index (Phi) is 9.98. The highest BCUT2D eigenvalue weighted by atomic mass is 32.2. The van der Waals surface area contributed by atoms with Crippen molar-refractivity contribution in [3.63, 3.8) is 0 Å². The van der Waals surface area contributed by atoms with Gasteiger partial charge in [0.2, 0.25) is 21.8 Å². The first-order chi connectivity index (χ1) is 18.8. The number of hydrogen-bond acceptors (Lipinski definition) is 5. The van der Waals surface area contributed by atoms with Crippen LogP contribution >= 0.6 is 0 Å². The zero-order chi connectivity index (χ0) is 29.5. The van der Waals surface area contributed by atoms with Gasteiger partial charge in [0, 0.05) is 24.6 Å². The number of aryl methyl sites for hydroxylation is 1. The number of nitrogens with one attached hydrogen (secondary N) is 1. The quantitative estimate of drug-likeness (QED) is 0.374. The second-order valence-corrected chi connectivity index (χ2v) is 12.8. The lowest BCUT2D eigenvalue weighted by Gasteiger charge is -2.35. The number of carbonyl (C=O) groups excluding carboxylic acids is 2. The summed E-state index contributed by atoms with van der Waals surface area (Å²) in [7, 11) is -2.37. The minimum absolute atomic E-state index is 0.135. The number of carbonyl (C=O) groups is 2. The van der Waals surface area contributed by atoms with Gasteiger partial charge in [-0.2, -0.15) is 0 Å². The summed E-state index contributed by atoms with van der Waals surface area (Å²) in [5.74, 6) is -0.353. The van der Waals surface area contributed by atoms with Gasteiger partial charge in [-0.05, 0) is 56.5 Å². The maximum absolute atomic E-state index is 14.2. The Morgan fingerprint density at radius 2 is 1.60 bits per heavy atom. The lowest BCUT2D eigenvalue weighted by molar-refractivity contribution is -0.140. The second-order valence-electron chi connectivity index (χ2n) is 10.9. The molecule has 2 amide bonds. The fourth-order valence-electron chi connectivity index (χ4n) is 4.36. The summed E-state index contributed by atoms with van der Waals surface area (Å²) in [6, 6.07) is 22.8. The Hall–Kier alpha value is -3.85. The van der Waals surface area contributed by atoms with Crippen LogP contribution in [0.25, 0.3) is 0 Å². The molecule has 0 aliphatic heterocycles. The normalized spacial score (nSPS) is 12.3. The van der Waals surface area contributed by atoms with E-state index < -0.39 is 34.1 Å². The van der Waals surface area contributed by atoms with Crippen molar-refractivity contribution in [3.05, 3.63) is 95.6 Å². The lowest BCUT2D eigenvalue weighted by atomic mass is 10.00. The molecule has 0 aliphatic rings. The van der Waals surface area contributed by atoms with Gasteiger partial charge < -0.3 is 15.0 Å². The molecule has 0 aromatic heterocycles. The third-order valence-electron chi connectivity index (χ3n) is 6.39. The number of hydrogen-bond donors (Lipinski definition) is 1. The van der Waals surface area contributed by atoms with Crippen LogP contribution in [0, 0.1) is 6.92 Å². The topological polar surface area (TPSA) is 96.0 Å². The van der Waals surface area contributed by atoms with Crippen LogP contribution in [0.2, 0.25) is 0 Å². The average Bonchev–Trinajstić information content (AvgIpc) is 2.89. The van der Waals surface area contributed by atoms with E-state index in [0.717, 1.165) is 27.3 Å². The van der Waals surface area contributed by atoms with E-state index >= 15 is 0 Å². The van der Waals surface area contributed by atoms with Crippen molar-refractivity contribution in [2.75, 3.05) is 24.2 Å². The molecule has 0 saturated carbocycles. The molecule has 3 aromatic rings. The molecule has 0 spiro atoms. The Morgan fingerprint density at radius 1 is 0.950 bits per heavy atom. The third-order valence-corrected chi connectivity index (χ3v) is 7.53. The average molecular weight is 566 g/mol. The number of nitrogens with zero attached hydrogens (tertiary/aromatic N) is 2. The number of benzene rings is 3. The van der Waals surface area contributed by atoms with E-state index in [2.05, 4.69) is 5.32 Å². The van der Waals surface area contributed by atoms with Crippen LogP contribution in [-0.2, 0) is 32.6 Å². The monoisotopic (exact) mass is 565 g/mol. The minimum atomic E-state index is -3.86. The molecule has 1 N–H and O–H groups in total. The smallest absolute Gasteiger partial charge is 0.244 e. The van der Waals surface area contributed by atoms with Crippen LogP contribution in [0.5, 0.6) is 5.75 Å². The van der Waals surface area contributed by atoms with Crippen molar-refractivity contribution in [1.29, 1.82) is 0 Å². The molecule has 0 fully saturated rings. The number of ether oxygens (including phenoxy) is 1. The van der Waals surface area contributed by atoms with E-state index in [4.69, 9.17) is 4.74 Å². The van der Waals surface area contributed by atoms with E-state index in [1.807, 2.05) is 82.3 Å². The molecule has 3 rings (SSSR count). The van der Waals surface area contributed by atoms with E-state index in [9.17, 15) is 18.0 Å².